The van der Waals surface area contributed by atoms with E-state index in [1.54, 1.807) is 6.92 Å². The Bertz CT molecular complexity index is 268. The number of nitrogens with one attached hydrogen (secondary N) is 1. The molecule has 0 radical (unpaired) electrons. The van der Waals surface area contributed by atoms with Crippen molar-refractivity contribution in [3.05, 3.63) is 0 Å². The Balaban J connectivity index is 2.45. The second-order valence-electron chi connectivity index (χ2n) is 3.87. The summed E-state index contributed by atoms with van der Waals surface area (Å²) in [5.41, 5.74) is 1.03. The molecule has 0 spiro atoms. The molecular weight excluding hydrogens is 225 g/mol. The van der Waals surface area contributed by atoms with Crippen LogP contribution in [0, 0.1) is 0 Å². The lowest BCUT2D eigenvalue weighted by Crippen LogP contribution is -2.48. The molecule has 0 saturated carbocycles. The molecule has 0 amide bonds. The van der Waals surface area contributed by atoms with Gasteiger partial charge in [0.1, 0.15) is 0 Å². The van der Waals surface area contributed by atoms with Gasteiger partial charge in [-0.2, -0.15) is 5.48 Å². The van der Waals surface area contributed by atoms with Crippen LogP contribution < -0.4 is 5.48 Å². The Morgan fingerprint density at radius 2 is 2.00 bits per heavy atom. The number of hydroxylamine groups is 1. The molecule has 1 heterocycles. The molecule has 15 heavy (non-hydrogen) atoms. The van der Waals surface area contributed by atoms with Crippen molar-refractivity contribution in [2.24, 2.45) is 0 Å². The van der Waals surface area contributed by atoms with Gasteiger partial charge in [-0.25, -0.2) is 4.62 Å². The number of ether oxygens (including phenoxy) is 1. The molecule has 1 rings (SSSR count). The van der Waals surface area contributed by atoms with Gasteiger partial charge in [-0.15, -0.1) is 0 Å². The van der Waals surface area contributed by atoms with Gasteiger partial charge in [-0.05, 0) is 13.8 Å². The van der Waals surface area contributed by atoms with Crippen LogP contribution in [0.4, 0.5) is 0 Å². The molecule has 0 aromatic rings. The lowest BCUT2D eigenvalue weighted by Gasteiger charge is -2.26. The maximum absolute atomic E-state index is 11.4. The summed E-state index contributed by atoms with van der Waals surface area (Å²) in [5.74, 6) is -0.827. The van der Waals surface area contributed by atoms with Gasteiger partial charge < -0.3 is 19.8 Å². The lowest BCUT2D eigenvalue weighted by atomic mass is 10.1. The van der Waals surface area contributed by atoms with Crippen molar-refractivity contribution in [3.8, 4) is 0 Å². The predicted molar refractivity (Wildman–Crippen MR) is 51.0 cm³/mol. The van der Waals surface area contributed by atoms with Crippen molar-refractivity contribution < 1.29 is 29.0 Å². The second kappa shape index (κ2) is 4.47. The third-order valence-corrected chi connectivity index (χ3v) is 3.66. The molecule has 8 heteroatoms. The van der Waals surface area contributed by atoms with Crippen molar-refractivity contribution in [3.63, 3.8) is 0 Å². The first kappa shape index (κ1) is 13.1. The highest BCUT2D eigenvalue weighted by Crippen LogP contribution is 2.56. The summed E-state index contributed by atoms with van der Waals surface area (Å²) in [5, 5.41) is 17.8. The summed E-state index contributed by atoms with van der Waals surface area (Å²) in [7, 11) is -3.89. The number of aliphatic hydroxyl groups excluding tert-OH is 2. The van der Waals surface area contributed by atoms with Gasteiger partial charge in [0.25, 0.3) is 0 Å². The molecule has 4 N–H and O–H groups in total. The Kier molecular flexibility index (Phi) is 3.89. The Labute approximate surface area is 87.5 Å². The summed E-state index contributed by atoms with van der Waals surface area (Å²) in [6.07, 6.45) is -0.308. The van der Waals surface area contributed by atoms with Crippen LogP contribution in [0.5, 0.6) is 0 Å². The average Bonchev–Trinajstić information content (AvgIpc) is 2.93. The molecule has 0 bridgehead atoms. The van der Waals surface area contributed by atoms with Gasteiger partial charge >= 0.3 is 7.60 Å². The van der Waals surface area contributed by atoms with Crippen LogP contribution in [0.3, 0.4) is 0 Å². The van der Waals surface area contributed by atoms with Crippen LogP contribution in [0.1, 0.15) is 13.8 Å². The van der Waals surface area contributed by atoms with E-state index in [2.05, 4.69) is 10.1 Å². The van der Waals surface area contributed by atoms with E-state index in [1.165, 1.54) is 6.92 Å². The number of rotatable bonds is 6. The van der Waals surface area contributed by atoms with E-state index in [0.717, 1.165) is 0 Å². The zero-order valence-corrected chi connectivity index (χ0v) is 9.48. The van der Waals surface area contributed by atoms with Gasteiger partial charge in [0.2, 0.25) is 0 Å². The Hall–Kier alpha value is -0.0100. The fraction of sp³-hybridized carbons (Fsp3) is 1.00. The van der Waals surface area contributed by atoms with Gasteiger partial charge in [0, 0.05) is 0 Å². The highest BCUT2D eigenvalue weighted by molar-refractivity contribution is 7.53. The monoisotopic (exact) mass is 241 g/mol. The van der Waals surface area contributed by atoms with E-state index in [4.69, 9.17) is 14.9 Å². The summed E-state index contributed by atoms with van der Waals surface area (Å²) in [4.78, 5) is 9.36. The average molecular weight is 241 g/mol. The van der Waals surface area contributed by atoms with E-state index in [-0.39, 0.29) is 6.10 Å². The standard InChI is InChI=1S/C7H16NO6P/c1-5-6(13-5)15(11,12)14-8-7(2,3-9)4-10/h5-6,8-10H,3-4H2,1-2H3,(H,11,12)/t5-,6+/m0/s1. The molecule has 0 aromatic carbocycles. The largest absolute Gasteiger partial charge is 0.394 e. The van der Waals surface area contributed by atoms with Crippen LogP contribution in [-0.2, 0) is 13.9 Å². The minimum absolute atomic E-state index is 0.308. The molecule has 0 aromatic heterocycles. The highest BCUT2D eigenvalue weighted by atomic mass is 31.2. The summed E-state index contributed by atoms with van der Waals surface area (Å²) in [6, 6.07) is 0. The summed E-state index contributed by atoms with van der Waals surface area (Å²) >= 11 is 0. The van der Waals surface area contributed by atoms with Crippen molar-refractivity contribution in [2.75, 3.05) is 13.2 Å². The van der Waals surface area contributed by atoms with Crippen molar-refractivity contribution in [1.82, 2.24) is 5.48 Å². The first-order chi connectivity index (χ1) is 6.84. The van der Waals surface area contributed by atoms with Crippen LogP contribution in [0.15, 0.2) is 0 Å². The number of aliphatic hydroxyl groups is 2. The molecule has 1 saturated heterocycles. The maximum Gasteiger partial charge on any atom is 0.375 e. The molecule has 1 aliphatic rings. The molecular formula is C7H16NO6P. The molecule has 1 unspecified atom stereocenters. The van der Waals surface area contributed by atoms with Crippen LogP contribution >= 0.6 is 7.60 Å². The molecule has 90 valence electrons. The van der Waals surface area contributed by atoms with Crippen LogP contribution in [0.25, 0.3) is 0 Å². The normalized spacial score (nSPS) is 29.9. The van der Waals surface area contributed by atoms with Crippen molar-refractivity contribution in [1.29, 1.82) is 0 Å². The maximum atomic E-state index is 11.4. The fourth-order valence-corrected chi connectivity index (χ4v) is 2.19. The predicted octanol–water partition coefficient (Wildman–Crippen LogP) is -0.819. The first-order valence-corrected chi connectivity index (χ1v) is 6.15. The molecule has 1 fully saturated rings. The third kappa shape index (κ3) is 3.22. The molecule has 3 atom stereocenters. The van der Waals surface area contributed by atoms with Gasteiger partial charge in [0.15, 0.2) is 5.85 Å². The van der Waals surface area contributed by atoms with E-state index in [0.29, 0.717) is 0 Å². The molecule has 0 aliphatic carbocycles. The van der Waals surface area contributed by atoms with E-state index < -0.39 is 32.2 Å². The SMILES string of the molecule is C[C@@H]1O[C@@H]1P(=O)(O)ONC(C)(CO)CO. The smallest absolute Gasteiger partial charge is 0.375 e. The topological polar surface area (TPSA) is 112 Å². The number of hydrogen-bond donors (Lipinski definition) is 4. The highest BCUT2D eigenvalue weighted by Gasteiger charge is 2.51. The van der Waals surface area contributed by atoms with Gasteiger partial charge in [-0.3, -0.25) is 4.57 Å². The molecule has 7 nitrogen and oxygen atoms in total. The number of hydrogen-bond acceptors (Lipinski definition) is 6. The minimum Gasteiger partial charge on any atom is -0.394 e. The molecule has 1 aliphatic heterocycles. The Morgan fingerprint density at radius 3 is 2.33 bits per heavy atom. The quantitative estimate of drug-likeness (QED) is 0.273. The van der Waals surface area contributed by atoms with E-state index in [1.807, 2.05) is 0 Å². The van der Waals surface area contributed by atoms with Gasteiger partial charge in [-0.1, -0.05) is 0 Å². The number of epoxide rings is 1. The zero-order chi connectivity index (χ0) is 11.7. The second-order valence-corrected chi connectivity index (χ2v) is 5.69. The van der Waals surface area contributed by atoms with E-state index >= 15 is 0 Å². The van der Waals surface area contributed by atoms with Crippen LogP contribution in [0.2, 0.25) is 0 Å². The first-order valence-electron chi connectivity index (χ1n) is 4.50. The van der Waals surface area contributed by atoms with E-state index in [9.17, 15) is 9.46 Å². The van der Waals surface area contributed by atoms with Crippen molar-refractivity contribution in [2.45, 2.75) is 31.3 Å². The van der Waals surface area contributed by atoms with Gasteiger partial charge in [0.05, 0.1) is 24.9 Å². The summed E-state index contributed by atoms with van der Waals surface area (Å²) in [6.45, 7) is 2.24. The third-order valence-electron chi connectivity index (χ3n) is 2.12. The zero-order valence-electron chi connectivity index (χ0n) is 8.58. The summed E-state index contributed by atoms with van der Waals surface area (Å²) < 4.78 is 20.8. The fourth-order valence-electron chi connectivity index (χ4n) is 0.859. The van der Waals surface area contributed by atoms with Crippen LogP contribution in [-0.4, -0.2) is 45.8 Å². The lowest BCUT2D eigenvalue weighted by molar-refractivity contribution is 0.00802. The minimum atomic E-state index is -3.89. The Morgan fingerprint density at radius 1 is 1.53 bits per heavy atom. The van der Waals surface area contributed by atoms with Crippen molar-refractivity contribution >= 4 is 7.60 Å².